The average Bonchev–Trinajstić information content (AvgIpc) is 2.27. The Labute approximate surface area is 84.2 Å². The van der Waals surface area contributed by atoms with Gasteiger partial charge in [0.25, 0.3) is 0 Å². The van der Waals surface area contributed by atoms with Crippen molar-refractivity contribution in [2.45, 2.75) is 13.3 Å². The van der Waals surface area contributed by atoms with Crippen molar-refractivity contribution in [2.24, 2.45) is 0 Å². The van der Waals surface area contributed by atoms with Crippen LogP contribution in [0, 0.1) is 0 Å². The first-order valence-electron chi connectivity index (χ1n) is 5.03. The van der Waals surface area contributed by atoms with Crippen LogP contribution < -0.4 is 4.74 Å². The van der Waals surface area contributed by atoms with Crippen LogP contribution in [0.15, 0.2) is 24.3 Å². The van der Waals surface area contributed by atoms with Crippen LogP contribution in [0.4, 0.5) is 0 Å². The Bertz CT molecular complexity index is 485. The molecule has 0 fully saturated rings. The highest BCUT2D eigenvalue weighted by atomic mass is 16.5. The van der Waals surface area contributed by atoms with Gasteiger partial charge in [-0.3, -0.25) is 0 Å². The molecule has 0 radical (unpaired) electrons. The zero-order valence-corrected chi connectivity index (χ0v) is 8.19. The van der Waals surface area contributed by atoms with Gasteiger partial charge in [-0.05, 0) is 12.1 Å². The molecule has 1 atom stereocenters. The minimum Gasteiger partial charge on any atom is -0.480 e. The van der Waals surface area contributed by atoms with Crippen LogP contribution in [0.1, 0.15) is 14.1 Å². The summed E-state index contributed by atoms with van der Waals surface area (Å²) in [4.78, 5) is 8.50. The molecular formula is C11H12N2O. The van der Waals surface area contributed by atoms with Crippen molar-refractivity contribution in [1.29, 1.82) is 0 Å². The molecule has 0 saturated heterocycles. The van der Waals surface area contributed by atoms with E-state index in [2.05, 4.69) is 9.97 Å². The second-order valence-corrected chi connectivity index (χ2v) is 2.90. The summed E-state index contributed by atoms with van der Waals surface area (Å²) in [6, 6.07) is 7.63. The van der Waals surface area contributed by atoms with Crippen molar-refractivity contribution >= 4 is 10.9 Å². The van der Waals surface area contributed by atoms with Gasteiger partial charge in [0.05, 0.1) is 18.0 Å². The number of aromatic nitrogens is 2. The van der Waals surface area contributed by atoms with Crippen molar-refractivity contribution < 1.29 is 6.11 Å². The lowest BCUT2D eigenvalue weighted by Crippen LogP contribution is -1.97. The number of fused-ring (bicyclic) bond motifs is 1. The number of methoxy groups -OCH3 is 1. The smallest absolute Gasteiger partial charge is 0.224 e. The van der Waals surface area contributed by atoms with Crippen molar-refractivity contribution in [1.82, 2.24) is 9.97 Å². The lowest BCUT2D eigenvalue weighted by molar-refractivity contribution is 0.401. The molecule has 0 aliphatic rings. The third-order valence-corrected chi connectivity index (χ3v) is 2.04. The van der Waals surface area contributed by atoms with Gasteiger partial charge >= 0.3 is 0 Å². The standard InChI is InChI=1S/C11H12N2O/c1-3-10-12-9-7-5-4-6-8(9)11(13-10)14-2/h4-7H,3H2,1-2H3/i3D. The number of nitrogens with zero attached hydrogens (tertiary/aromatic N) is 2. The highest BCUT2D eigenvalue weighted by molar-refractivity contribution is 5.83. The Morgan fingerprint density at radius 3 is 2.86 bits per heavy atom. The molecule has 1 heterocycles. The van der Waals surface area contributed by atoms with Gasteiger partial charge < -0.3 is 4.74 Å². The van der Waals surface area contributed by atoms with E-state index in [1.54, 1.807) is 14.0 Å². The van der Waals surface area contributed by atoms with Gasteiger partial charge in [0.15, 0.2) is 0 Å². The molecular weight excluding hydrogens is 176 g/mol. The molecule has 0 spiro atoms. The van der Waals surface area contributed by atoms with Gasteiger partial charge in [0, 0.05) is 7.77 Å². The fourth-order valence-corrected chi connectivity index (χ4v) is 1.35. The highest BCUT2D eigenvalue weighted by Gasteiger charge is 2.05. The van der Waals surface area contributed by atoms with E-state index in [1.807, 2.05) is 24.3 Å². The molecule has 0 aliphatic carbocycles. The van der Waals surface area contributed by atoms with E-state index in [4.69, 9.17) is 6.11 Å². The molecule has 72 valence electrons. The number of rotatable bonds is 2. The Balaban J connectivity index is 2.71. The van der Waals surface area contributed by atoms with Crippen LogP contribution in [0.25, 0.3) is 10.9 Å². The van der Waals surface area contributed by atoms with E-state index in [-0.39, 0.29) is 0 Å². The lowest BCUT2D eigenvalue weighted by Gasteiger charge is -2.05. The van der Waals surface area contributed by atoms with Crippen molar-refractivity contribution in [2.75, 3.05) is 7.11 Å². The second kappa shape index (κ2) is 3.62. The fourth-order valence-electron chi connectivity index (χ4n) is 1.35. The number of hydrogen-bond donors (Lipinski definition) is 0. The zero-order valence-electron chi connectivity index (χ0n) is 9.19. The van der Waals surface area contributed by atoms with Gasteiger partial charge in [0.2, 0.25) is 5.88 Å². The van der Waals surface area contributed by atoms with E-state index >= 15 is 0 Å². The summed E-state index contributed by atoms with van der Waals surface area (Å²) in [5.74, 6) is 1.03. The van der Waals surface area contributed by atoms with Crippen LogP contribution in [0.2, 0.25) is 0 Å². The molecule has 1 unspecified atom stereocenters. The molecule has 14 heavy (non-hydrogen) atoms. The number of aryl methyl sites for hydroxylation is 1. The molecule has 0 saturated carbocycles. The number of para-hydroxylation sites is 1. The summed E-state index contributed by atoms with van der Waals surface area (Å²) in [6.45, 7) is 1.74. The summed E-state index contributed by atoms with van der Waals surface area (Å²) < 4.78 is 12.8. The van der Waals surface area contributed by atoms with Gasteiger partial charge in [-0.25, -0.2) is 4.98 Å². The highest BCUT2D eigenvalue weighted by Crippen LogP contribution is 2.21. The van der Waals surface area contributed by atoms with Crippen LogP contribution in [-0.4, -0.2) is 17.1 Å². The molecule has 0 N–H and O–H groups in total. The monoisotopic (exact) mass is 189 g/mol. The topological polar surface area (TPSA) is 35.0 Å². The van der Waals surface area contributed by atoms with Crippen molar-refractivity contribution in [3.63, 3.8) is 0 Å². The summed E-state index contributed by atoms with van der Waals surface area (Å²) in [7, 11) is 1.58. The third-order valence-electron chi connectivity index (χ3n) is 2.04. The third kappa shape index (κ3) is 1.41. The molecule has 0 amide bonds. The fraction of sp³-hybridized carbons (Fsp3) is 0.273. The van der Waals surface area contributed by atoms with Crippen molar-refractivity contribution in [3.8, 4) is 5.88 Å². The largest absolute Gasteiger partial charge is 0.480 e. The quantitative estimate of drug-likeness (QED) is 0.726. The molecule has 3 nitrogen and oxygen atoms in total. The van der Waals surface area contributed by atoms with E-state index in [9.17, 15) is 0 Å². The Morgan fingerprint density at radius 2 is 2.14 bits per heavy atom. The predicted octanol–water partition coefficient (Wildman–Crippen LogP) is 2.20. The normalized spacial score (nSPS) is 13.7. The molecule has 1 aromatic heterocycles. The zero-order chi connectivity index (χ0) is 10.8. The molecule has 2 aromatic rings. The second-order valence-electron chi connectivity index (χ2n) is 2.90. The Morgan fingerprint density at radius 1 is 1.36 bits per heavy atom. The maximum Gasteiger partial charge on any atom is 0.224 e. The SMILES string of the molecule is [2H]C(C)c1nc(OC)c2ccccc2n1. The molecule has 0 bridgehead atoms. The maximum atomic E-state index is 7.59. The minimum absolute atomic E-state index is 0.441. The van der Waals surface area contributed by atoms with Crippen LogP contribution in [0.5, 0.6) is 5.88 Å². The average molecular weight is 189 g/mol. The van der Waals surface area contributed by atoms with E-state index in [1.165, 1.54) is 0 Å². The molecule has 0 aliphatic heterocycles. The van der Waals surface area contributed by atoms with Gasteiger partial charge in [0.1, 0.15) is 5.82 Å². The van der Waals surface area contributed by atoms with Crippen LogP contribution in [-0.2, 0) is 6.40 Å². The Hall–Kier alpha value is -1.64. The first-order valence-corrected chi connectivity index (χ1v) is 4.45. The summed E-state index contributed by atoms with van der Waals surface area (Å²) in [5.41, 5.74) is 0.818. The Kier molecular flexibility index (Phi) is 2.00. The maximum absolute atomic E-state index is 7.59. The predicted molar refractivity (Wildman–Crippen MR) is 55.5 cm³/mol. The molecule has 1 aromatic carbocycles. The van der Waals surface area contributed by atoms with Crippen LogP contribution in [0.3, 0.4) is 0 Å². The first-order chi connectivity index (χ1) is 7.22. The summed E-state index contributed by atoms with van der Waals surface area (Å²) in [5, 5.41) is 0.879. The van der Waals surface area contributed by atoms with Crippen molar-refractivity contribution in [3.05, 3.63) is 30.1 Å². The summed E-state index contributed by atoms with van der Waals surface area (Å²) in [6.07, 6.45) is -0.441. The van der Waals surface area contributed by atoms with Gasteiger partial charge in [-0.2, -0.15) is 4.98 Å². The minimum atomic E-state index is -0.441. The lowest BCUT2D eigenvalue weighted by atomic mass is 10.2. The van der Waals surface area contributed by atoms with E-state index < -0.39 is 6.40 Å². The molecule has 3 heteroatoms. The van der Waals surface area contributed by atoms with E-state index in [0.29, 0.717) is 11.7 Å². The molecule has 2 rings (SSSR count). The summed E-state index contributed by atoms with van der Waals surface area (Å²) >= 11 is 0. The van der Waals surface area contributed by atoms with Gasteiger partial charge in [-0.1, -0.05) is 19.1 Å². The number of benzene rings is 1. The van der Waals surface area contributed by atoms with Crippen LogP contribution >= 0.6 is 0 Å². The number of ether oxygens (including phenoxy) is 1. The number of hydrogen-bond acceptors (Lipinski definition) is 3. The van der Waals surface area contributed by atoms with E-state index in [0.717, 1.165) is 10.9 Å². The van der Waals surface area contributed by atoms with Gasteiger partial charge in [-0.15, -0.1) is 0 Å². The first kappa shape index (κ1) is 7.74.